The average molecular weight is 272 g/mol. The SMILES string of the molecule is CNCCCN(C)c1ccc(Br)cc1N. The summed E-state index contributed by atoms with van der Waals surface area (Å²) in [5, 5.41) is 3.13. The minimum absolute atomic E-state index is 0.816. The van der Waals surface area contributed by atoms with Crippen molar-refractivity contribution >= 4 is 27.3 Å². The van der Waals surface area contributed by atoms with Crippen molar-refractivity contribution in [3.63, 3.8) is 0 Å². The van der Waals surface area contributed by atoms with E-state index in [1.165, 1.54) is 0 Å². The molecular weight excluding hydrogens is 254 g/mol. The summed E-state index contributed by atoms with van der Waals surface area (Å²) in [6, 6.07) is 5.99. The van der Waals surface area contributed by atoms with Crippen LogP contribution in [0.1, 0.15) is 6.42 Å². The molecule has 0 amide bonds. The summed E-state index contributed by atoms with van der Waals surface area (Å²) >= 11 is 3.40. The molecule has 0 spiro atoms. The van der Waals surface area contributed by atoms with Crippen molar-refractivity contribution in [2.45, 2.75) is 6.42 Å². The van der Waals surface area contributed by atoms with E-state index in [0.717, 1.165) is 35.4 Å². The van der Waals surface area contributed by atoms with Crippen molar-refractivity contribution in [3.8, 4) is 0 Å². The number of nitrogens with two attached hydrogens (primary N) is 1. The van der Waals surface area contributed by atoms with Gasteiger partial charge in [0.15, 0.2) is 0 Å². The summed E-state index contributed by atoms with van der Waals surface area (Å²) in [6.45, 7) is 2.04. The highest BCUT2D eigenvalue weighted by Crippen LogP contribution is 2.25. The first-order valence-electron chi connectivity index (χ1n) is 5.06. The molecular formula is C11H18BrN3. The van der Waals surface area contributed by atoms with Gasteiger partial charge in [-0.05, 0) is 38.2 Å². The number of benzene rings is 1. The number of halogens is 1. The molecule has 0 atom stereocenters. The highest BCUT2D eigenvalue weighted by Gasteiger charge is 2.04. The van der Waals surface area contributed by atoms with Crippen LogP contribution in [0.2, 0.25) is 0 Å². The fourth-order valence-corrected chi connectivity index (χ4v) is 1.87. The Morgan fingerprint density at radius 2 is 2.20 bits per heavy atom. The molecule has 0 saturated carbocycles. The lowest BCUT2D eigenvalue weighted by Crippen LogP contribution is -2.23. The molecule has 1 aromatic carbocycles. The van der Waals surface area contributed by atoms with Crippen molar-refractivity contribution in [2.75, 3.05) is 37.8 Å². The second kappa shape index (κ2) is 5.98. The third kappa shape index (κ3) is 3.72. The Bertz CT molecular complexity index is 315. The molecule has 0 heterocycles. The van der Waals surface area contributed by atoms with Crippen molar-refractivity contribution in [1.82, 2.24) is 5.32 Å². The maximum Gasteiger partial charge on any atom is 0.0598 e. The van der Waals surface area contributed by atoms with Crippen LogP contribution < -0.4 is 16.0 Å². The van der Waals surface area contributed by atoms with Gasteiger partial charge < -0.3 is 16.0 Å². The van der Waals surface area contributed by atoms with Crippen molar-refractivity contribution < 1.29 is 0 Å². The molecule has 0 aliphatic carbocycles. The average Bonchev–Trinajstić information content (AvgIpc) is 2.17. The van der Waals surface area contributed by atoms with Crippen LogP contribution in [0.4, 0.5) is 11.4 Å². The lowest BCUT2D eigenvalue weighted by molar-refractivity contribution is 0.713. The molecule has 0 bridgehead atoms. The molecule has 0 fully saturated rings. The van der Waals surface area contributed by atoms with E-state index in [1.54, 1.807) is 0 Å². The van der Waals surface area contributed by atoms with Crippen LogP contribution >= 0.6 is 15.9 Å². The zero-order valence-electron chi connectivity index (χ0n) is 9.26. The van der Waals surface area contributed by atoms with Crippen molar-refractivity contribution in [3.05, 3.63) is 22.7 Å². The normalized spacial score (nSPS) is 10.3. The van der Waals surface area contributed by atoms with Gasteiger partial charge >= 0.3 is 0 Å². The Kier molecular flexibility index (Phi) is 4.91. The highest BCUT2D eigenvalue weighted by atomic mass is 79.9. The Balaban J connectivity index is 2.61. The van der Waals surface area contributed by atoms with Crippen molar-refractivity contribution in [2.24, 2.45) is 0 Å². The van der Waals surface area contributed by atoms with Gasteiger partial charge in [-0.3, -0.25) is 0 Å². The number of nitrogen functional groups attached to an aromatic ring is 1. The van der Waals surface area contributed by atoms with Crippen LogP contribution in [-0.2, 0) is 0 Å². The van der Waals surface area contributed by atoms with Crippen LogP contribution in [0, 0.1) is 0 Å². The van der Waals surface area contributed by atoms with E-state index in [9.17, 15) is 0 Å². The van der Waals surface area contributed by atoms with E-state index in [2.05, 4.69) is 33.2 Å². The molecule has 15 heavy (non-hydrogen) atoms. The first-order valence-corrected chi connectivity index (χ1v) is 5.85. The highest BCUT2D eigenvalue weighted by molar-refractivity contribution is 9.10. The second-order valence-corrected chi connectivity index (χ2v) is 4.50. The minimum atomic E-state index is 0.816. The summed E-state index contributed by atoms with van der Waals surface area (Å²) < 4.78 is 1.02. The maximum atomic E-state index is 5.94. The van der Waals surface area contributed by atoms with E-state index in [0.29, 0.717) is 0 Å². The second-order valence-electron chi connectivity index (χ2n) is 3.58. The van der Waals surface area contributed by atoms with Crippen LogP contribution in [0.25, 0.3) is 0 Å². The minimum Gasteiger partial charge on any atom is -0.397 e. The van der Waals surface area contributed by atoms with Gasteiger partial charge in [0.05, 0.1) is 11.4 Å². The number of nitrogens with one attached hydrogen (secondary N) is 1. The van der Waals surface area contributed by atoms with Crippen LogP contribution in [0.3, 0.4) is 0 Å². The molecule has 3 N–H and O–H groups in total. The number of nitrogens with zero attached hydrogens (tertiary/aromatic N) is 1. The molecule has 0 saturated heterocycles. The Labute approximate surface area is 99.8 Å². The smallest absolute Gasteiger partial charge is 0.0598 e. The molecule has 0 aliphatic rings. The summed E-state index contributed by atoms with van der Waals surface area (Å²) in [5.41, 5.74) is 7.85. The van der Waals surface area contributed by atoms with Gasteiger partial charge in [0.1, 0.15) is 0 Å². The molecule has 0 aromatic heterocycles. The largest absolute Gasteiger partial charge is 0.397 e. The summed E-state index contributed by atoms with van der Waals surface area (Å²) in [4.78, 5) is 2.18. The fraction of sp³-hybridized carbons (Fsp3) is 0.455. The molecule has 4 heteroatoms. The van der Waals surface area contributed by atoms with Crippen LogP contribution in [0.15, 0.2) is 22.7 Å². The van der Waals surface area contributed by atoms with Crippen LogP contribution in [-0.4, -0.2) is 27.2 Å². The third-order valence-corrected chi connectivity index (χ3v) is 2.81. The van der Waals surface area contributed by atoms with E-state index in [1.807, 2.05) is 25.2 Å². The van der Waals surface area contributed by atoms with Gasteiger partial charge in [0, 0.05) is 18.1 Å². The quantitative estimate of drug-likeness (QED) is 0.637. The fourth-order valence-electron chi connectivity index (χ4n) is 1.49. The lowest BCUT2D eigenvalue weighted by Gasteiger charge is -2.21. The van der Waals surface area contributed by atoms with Gasteiger partial charge in [0.2, 0.25) is 0 Å². The summed E-state index contributed by atoms with van der Waals surface area (Å²) in [5.74, 6) is 0. The number of hydrogen-bond acceptors (Lipinski definition) is 3. The Morgan fingerprint density at radius 1 is 1.47 bits per heavy atom. The van der Waals surface area contributed by atoms with E-state index >= 15 is 0 Å². The van der Waals surface area contributed by atoms with Gasteiger partial charge in [-0.15, -0.1) is 0 Å². The van der Waals surface area contributed by atoms with E-state index in [-0.39, 0.29) is 0 Å². The third-order valence-electron chi connectivity index (χ3n) is 2.32. The zero-order chi connectivity index (χ0) is 11.3. The molecule has 1 rings (SSSR count). The van der Waals surface area contributed by atoms with Gasteiger partial charge in [-0.25, -0.2) is 0 Å². The predicted octanol–water partition coefficient (Wildman–Crippen LogP) is 2.08. The van der Waals surface area contributed by atoms with Gasteiger partial charge in [-0.2, -0.15) is 0 Å². The number of anilines is 2. The van der Waals surface area contributed by atoms with Crippen molar-refractivity contribution in [1.29, 1.82) is 0 Å². The molecule has 3 nitrogen and oxygen atoms in total. The molecule has 1 aromatic rings. The first-order chi connectivity index (χ1) is 7.15. The number of hydrogen-bond donors (Lipinski definition) is 2. The lowest BCUT2D eigenvalue weighted by atomic mass is 10.2. The Hall–Kier alpha value is -0.740. The van der Waals surface area contributed by atoms with Crippen LogP contribution in [0.5, 0.6) is 0 Å². The van der Waals surface area contributed by atoms with E-state index < -0.39 is 0 Å². The Morgan fingerprint density at radius 3 is 2.80 bits per heavy atom. The monoisotopic (exact) mass is 271 g/mol. The predicted molar refractivity (Wildman–Crippen MR) is 70.4 cm³/mol. The van der Waals surface area contributed by atoms with E-state index in [4.69, 9.17) is 5.73 Å². The van der Waals surface area contributed by atoms with Gasteiger partial charge in [0.25, 0.3) is 0 Å². The summed E-state index contributed by atoms with van der Waals surface area (Å²) in [6.07, 6.45) is 1.11. The zero-order valence-corrected chi connectivity index (χ0v) is 10.8. The summed E-state index contributed by atoms with van der Waals surface area (Å²) in [7, 11) is 4.03. The maximum absolute atomic E-state index is 5.94. The number of rotatable bonds is 5. The first kappa shape index (κ1) is 12.3. The molecule has 84 valence electrons. The topological polar surface area (TPSA) is 41.3 Å². The molecule has 0 unspecified atom stereocenters. The molecule has 0 radical (unpaired) electrons. The van der Waals surface area contributed by atoms with Gasteiger partial charge in [-0.1, -0.05) is 15.9 Å². The standard InChI is InChI=1S/C11H18BrN3/c1-14-6-3-7-15(2)11-5-4-9(12)8-10(11)13/h4-5,8,14H,3,6-7,13H2,1-2H3. The molecule has 0 aliphatic heterocycles.